The number of rotatable bonds is 4. The van der Waals surface area contributed by atoms with Crippen molar-refractivity contribution in [2.24, 2.45) is 0 Å². The van der Waals surface area contributed by atoms with Crippen molar-refractivity contribution in [2.45, 2.75) is 19.8 Å². The zero-order valence-electron chi connectivity index (χ0n) is 13.6. The molecule has 2 aromatic rings. The van der Waals surface area contributed by atoms with Gasteiger partial charge in [0, 0.05) is 24.5 Å². The van der Waals surface area contributed by atoms with E-state index in [0.29, 0.717) is 11.3 Å². The normalized spacial score (nSPS) is 13.9. The van der Waals surface area contributed by atoms with Crippen LogP contribution < -0.4 is 15.0 Å². The number of hydrogen-bond acceptors (Lipinski definition) is 3. The third-order valence-corrected chi connectivity index (χ3v) is 4.25. The minimum absolute atomic E-state index is 0.157. The van der Waals surface area contributed by atoms with Gasteiger partial charge in [0.1, 0.15) is 5.75 Å². The maximum atomic E-state index is 12.4. The van der Waals surface area contributed by atoms with E-state index in [9.17, 15) is 4.79 Å². The number of benzene rings is 2. The summed E-state index contributed by atoms with van der Waals surface area (Å²) in [7, 11) is 1.57. The maximum absolute atomic E-state index is 12.4. The van der Waals surface area contributed by atoms with Gasteiger partial charge in [-0.25, -0.2) is 0 Å². The zero-order valence-corrected chi connectivity index (χ0v) is 13.6. The van der Waals surface area contributed by atoms with Gasteiger partial charge in [-0.15, -0.1) is 0 Å². The van der Waals surface area contributed by atoms with Crippen LogP contribution in [0.15, 0.2) is 42.5 Å². The number of aryl methyl sites for hydroxylation is 1. The van der Waals surface area contributed by atoms with E-state index in [1.807, 2.05) is 24.3 Å². The van der Waals surface area contributed by atoms with Crippen molar-refractivity contribution in [2.75, 3.05) is 30.4 Å². The lowest BCUT2D eigenvalue weighted by atomic mass is 10.1. The molecule has 4 heteroatoms. The van der Waals surface area contributed by atoms with Gasteiger partial charge in [-0.05, 0) is 55.7 Å². The van der Waals surface area contributed by atoms with Crippen LogP contribution in [0.25, 0.3) is 0 Å². The molecule has 0 aromatic heterocycles. The highest BCUT2D eigenvalue weighted by Gasteiger charge is 2.16. The number of nitrogens with one attached hydrogen (secondary N) is 1. The molecular formula is C19H22N2O2. The van der Waals surface area contributed by atoms with E-state index in [4.69, 9.17) is 4.74 Å². The van der Waals surface area contributed by atoms with Crippen molar-refractivity contribution in [1.29, 1.82) is 0 Å². The lowest BCUT2D eigenvalue weighted by molar-refractivity contribution is 0.102. The van der Waals surface area contributed by atoms with Gasteiger partial charge >= 0.3 is 0 Å². The van der Waals surface area contributed by atoms with E-state index in [1.54, 1.807) is 19.2 Å². The van der Waals surface area contributed by atoms with Crippen molar-refractivity contribution < 1.29 is 9.53 Å². The number of carbonyl (C=O) groups is 1. The summed E-state index contributed by atoms with van der Waals surface area (Å²) in [4.78, 5) is 14.8. The van der Waals surface area contributed by atoms with E-state index in [-0.39, 0.29) is 5.91 Å². The number of amides is 1. The minimum atomic E-state index is -0.157. The lowest BCUT2D eigenvalue weighted by Crippen LogP contribution is -2.19. The highest BCUT2D eigenvalue weighted by molar-refractivity contribution is 6.06. The third kappa shape index (κ3) is 3.31. The Bertz CT molecular complexity index is 706. The fraction of sp³-hybridized carbons (Fsp3) is 0.316. The Labute approximate surface area is 137 Å². The van der Waals surface area contributed by atoms with Gasteiger partial charge in [0.2, 0.25) is 0 Å². The maximum Gasteiger partial charge on any atom is 0.259 e. The van der Waals surface area contributed by atoms with Crippen LogP contribution in [-0.2, 0) is 0 Å². The summed E-state index contributed by atoms with van der Waals surface area (Å²) >= 11 is 0. The average molecular weight is 310 g/mol. The number of nitrogens with zero attached hydrogens (tertiary/aromatic N) is 1. The fourth-order valence-corrected chi connectivity index (χ4v) is 3.08. The van der Waals surface area contributed by atoms with Crippen molar-refractivity contribution in [3.63, 3.8) is 0 Å². The fourth-order valence-electron chi connectivity index (χ4n) is 3.08. The number of ether oxygens (including phenoxy) is 1. The second-order valence-corrected chi connectivity index (χ2v) is 5.85. The van der Waals surface area contributed by atoms with Crippen molar-refractivity contribution in [3.8, 4) is 5.75 Å². The molecule has 1 aliphatic rings. The Morgan fingerprint density at radius 2 is 1.87 bits per heavy atom. The summed E-state index contributed by atoms with van der Waals surface area (Å²) in [5, 5.41) is 2.95. The van der Waals surface area contributed by atoms with Crippen molar-refractivity contribution in [1.82, 2.24) is 0 Å². The van der Waals surface area contributed by atoms with Gasteiger partial charge < -0.3 is 15.0 Å². The highest BCUT2D eigenvalue weighted by atomic mass is 16.5. The van der Waals surface area contributed by atoms with Crippen LogP contribution in [0.1, 0.15) is 28.8 Å². The van der Waals surface area contributed by atoms with Crippen molar-refractivity contribution in [3.05, 3.63) is 53.6 Å². The van der Waals surface area contributed by atoms with Crippen LogP contribution >= 0.6 is 0 Å². The lowest BCUT2D eigenvalue weighted by Gasteiger charge is -2.20. The van der Waals surface area contributed by atoms with Gasteiger partial charge in [-0.2, -0.15) is 0 Å². The third-order valence-electron chi connectivity index (χ3n) is 4.25. The molecule has 3 rings (SSSR count). The number of para-hydroxylation sites is 1. The molecule has 23 heavy (non-hydrogen) atoms. The Hall–Kier alpha value is -2.49. The number of hydrogen-bond donors (Lipinski definition) is 1. The smallest absolute Gasteiger partial charge is 0.259 e. The first kappa shape index (κ1) is 15.4. The Morgan fingerprint density at radius 1 is 1.13 bits per heavy atom. The van der Waals surface area contributed by atoms with Crippen molar-refractivity contribution >= 4 is 17.3 Å². The minimum Gasteiger partial charge on any atom is -0.496 e. The summed E-state index contributed by atoms with van der Waals surface area (Å²) in [6.45, 7) is 4.33. The molecule has 0 spiro atoms. The molecule has 1 saturated heterocycles. The molecule has 120 valence electrons. The topological polar surface area (TPSA) is 41.6 Å². The monoisotopic (exact) mass is 310 g/mol. The largest absolute Gasteiger partial charge is 0.496 e. The average Bonchev–Trinajstić information content (AvgIpc) is 3.09. The SMILES string of the molecule is COc1ccccc1C(=O)Nc1ccc(N2CCCC2)c(C)c1. The second kappa shape index (κ2) is 6.73. The molecule has 0 unspecified atom stereocenters. The summed E-state index contributed by atoms with van der Waals surface area (Å²) in [6, 6.07) is 13.3. The molecule has 2 aromatic carbocycles. The Balaban J connectivity index is 1.77. The van der Waals surface area contributed by atoms with E-state index in [1.165, 1.54) is 24.1 Å². The van der Waals surface area contributed by atoms with Crippen LogP contribution in [0.5, 0.6) is 5.75 Å². The van der Waals surface area contributed by atoms with Crippen LogP contribution in [0.2, 0.25) is 0 Å². The molecule has 1 amide bonds. The van der Waals surface area contributed by atoms with Gasteiger partial charge in [-0.3, -0.25) is 4.79 Å². The van der Waals surface area contributed by atoms with Gasteiger partial charge in [-0.1, -0.05) is 12.1 Å². The van der Waals surface area contributed by atoms with E-state index >= 15 is 0 Å². The summed E-state index contributed by atoms with van der Waals surface area (Å²) in [5.74, 6) is 0.422. The molecule has 0 atom stereocenters. The molecule has 0 saturated carbocycles. The molecule has 1 fully saturated rings. The molecule has 1 heterocycles. The molecule has 4 nitrogen and oxygen atoms in total. The van der Waals surface area contributed by atoms with E-state index in [0.717, 1.165) is 18.8 Å². The van der Waals surface area contributed by atoms with Crippen LogP contribution in [0, 0.1) is 6.92 Å². The molecule has 1 aliphatic heterocycles. The quantitative estimate of drug-likeness (QED) is 0.932. The first-order chi connectivity index (χ1) is 11.2. The number of anilines is 2. The standard InChI is InChI=1S/C19H22N2O2/c1-14-13-15(9-10-17(14)21-11-5-6-12-21)20-19(22)16-7-3-4-8-18(16)23-2/h3-4,7-10,13H,5-6,11-12H2,1-2H3,(H,20,22). The van der Waals surface area contributed by atoms with Crippen LogP contribution in [-0.4, -0.2) is 26.1 Å². The predicted octanol–water partition coefficient (Wildman–Crippen LogP) is 3.86. The summed E-state index contributed by atoms with van der Waals surface area (Å²) in [6.07, 6.45) is 2.51. The highest BCUT2D eigenvalue weighted by Crippen LogP contribution is 2.27. The molecule has 0 aliphatic carbocycles. The summed E-state index contributed by atoms with van der Waals surface area (Å²) < 4.78 is 5.25. The zero-order chi connectivity index (χ0) is 16.2. The molecule has 1 N–H and O–H groups in total. The first-order valence-corrected chi connectivity index (χ1v) is 7.99. The van der Waals surface area contributed by atoms with Gasteiger partial charge in [0.05, 0.1) is 12.7 Å². The second-order valence-electron chi connectivity index (χ2n) is 5.85. The predicted molar refractivity (Wildman–Crippen MR) is 93.6 cm³/mol. The van der Waals surface area contributed by atoms with Crippen LogP contribution in [0.3, 0.4) is 0 Å². The van der Waals surface area contributed by atoms with Gasteiger partial charge in [0.25, 0.3) is 5.91 Å². The van der Waals surface area contributed by atoms with E-state index in [2.05, 4.69) is 23.2 Å². The first-order valence-electron chi connectivity index (χ1n) is 7.99. The van der Waals surface area contributed by atoms with Crippen LogP contribution in [0.4, 0.5) is 11.4 Å². The Kier molecular flexibility index (Phi) is 4.51. The molecular weight excluding hydrogens is 288 g/mol. The number of carbonyl (C=O) groups excluding carboxylic acids is 1. The molecule has 0 radical (unpaired) electrons. The Morgan fingerprint density at radius 3 is 2.57 bits per heavy atom. The number of methoxy groups -OCH3 is 1. The van der Waals surface area contributed by atoms with E-state index < -0.39 is 0 Å². The molecule has 0 bridgehead atoms. The van der Waals surface area contributed by atoms with Gasteiger partial charge in [0.15, 0.2) is 0 Å². The summed E-state index contributed by atoms with van der Waals surface area (Å²) in [5.41, 5.74) is 3.79.